The van der Waals surface area contributed by atoms with E-state index in [9.17, 15) is 13.2 Å². The standard InChI is InChI=1S/C22H27F3O4S.CO2/c1-4-11-27-21-10-9-20(12-16(21)2)30-14-19(29-15-26-3)13-28-18-7-5-17(6-8-18)22(23,24)25;2-1-3/h5-10,12,19H,4,11,13-15H2,1-3H3;/t19-;/m1./s1. The maximum atomic E-state index is 12.7. The maximum absolute atomic E-state index is 12.7. The van der Waals surface area contributed by atoms with Crippen molar-refractivity contribution in [1.29, 1.82) is 0 Å². The molecule has 0 aromatic heterocycles. The van der Waals surface area contributed by atoms with Crippen molar-refractivity contribution in [3.63, 3.8) is 0 Å². The number of hydrogen-bond donors (Lipinski definition) is 0. The monoisotopic (exact) mass is 488 g/mol. The number of hydrogen-bond acceptors (Lipinski definition) is 7. The van der Waals surface area contributed by atoms with Gasteiger partial charge in [-0.05, 0) is 61.4 Å². The summed E-state index contributed by atoms with van der Waals surface area (Å²) in [6.45, 7) is 5.04. The predicted octanol–water partition coefficient (Wildman–Crippen LogP) is 5.38. The van der Waals surface area contributed by atoms with E-state index in [0.717, 1.165) is 34.8 Å². The molecule has 0 heterocycles. The number of methoxy groups -OCH3 is 1. The Labute approximate surface area is 195 Å². The zero-order chi connectivity index (χ0) is 24.7. The fourth-order valence-corrected chi connectivity index (χ4v) is 3.51. The summed E-state index contributed by atoms with van der Waals surface area (Å²) in [4.78, 5) is 17.3. The van der Waals surface area contributed by atoms with Crippen LogP contribution in [0.5, 0.6) is 11.5 Å². The smallest absolute Gasteiger partial charge is 0.416 e. The second-order valence-corrected chi connectivity index (χ2v) is 7.79. The molecule has 0 N–H and O–H groups in total. The Balaban J connectivity index is 0.00000172. The van der Waals surface area contributed by atoms with Crippen molar-refractivity contribution in [3.8, 4) is 11.5 Å². The van der Waals surface area contributed by atoms with Gasteiger partial charge < -0.3 is 18.9 Å². The lowest BCUT2D eigenvalue weighted by molar-refractivity contribution is -0.191. The zero-order valence-corrected chi connectivity index (χ0v) is 19.5. The van der Waals surface area contributed by atoms with Crippen molar-refractivity contribution in [2.24, 2.45) is 0 Å². The van der Waals surface area contributed by atoms with Crippen LogP contribution in [0.3, 0.4) is 0 Å². The van der Waals surface area contributed by atoms with E-state index in [4.69, 9.17) is 28.5 Å². The first kappa shape index (κ1) is 28.5. The summed E-state index contributed by atoms with van der Waals surface area (Å²) in [7, 11) is 1.53. The number of alkyl halides is 3. The number of aryl methyl sites for hydroxylation is 1. The summed E-state index contributed by atoms with van der Waals surface area (Å²) >= 11 is 1.60. The van der Waals surface area contributed by atoms with Crippen molar-refractivity contribution in [1.82, 2.24) is 0 Å². The highest BCUT2D eigenvalue weighted by Crippen LogP contribution is 2.30. The highest BCUT2D eigenvalue weighted by atomic mass is 32.2. The lowest BCUT2D eigenvalue weighted by atomic mass is 10.2. The Bertz CT molecular complexity index is 852. The van der Waals surface area contributed by atoms with Crippen molar-refractivity contribution in [2.45, 2.75) is 37.4 Å². The molecule has 2 rings (SSSR count). The Morgan fingerprint density at radius 1 is 1.06 bits per heavy atom. The van der Waals surface area contributed by atoms with Crippen LogP contribution in [-0.4, -0.2) is 45.1 Å². The molecule has 6 nitrogen and oxygen atoms in total. The lowest BCUT2D eigenvalue weighted by Gasteiger charge is -2.18. The van der Waals surface area contributed by atoms with Crippen LogP contribution in [0.15, 0.2) is 47.4 Å². The van der Waals surface area contributed by atoms with Gasteiger partial charge in [-0.1, -0.05) is 6.92 Å². The van der Waals surface area contributed by atoms with Crippen LogP contribution in [0, 0.1) is 6.92 Å². The van der Waals surface area contributed by atoms with E-state index in [2.05, 4.69) is 13.0 Å². The third-order valence-corrected chi connectivity index (χ3v) is 5.21. The molecule has 33 heavy (non-hydrogen) atoms. The van der Waals surface area contributed by atoms with Gasteiger partial charge in [0.2, 0.25) is 0 Å². The SMILES string of the molecule is CCCOc1ccc(SC[C@@H](COc2ccc(C(F)(F)F)cc2)OCOC)cc1C.O=C=O. The molecular weight excluding hydrogens is 461 g/mol. The quantitative estimate of drug-likeness (QED) is 0.293. The highest BCUT2D eigenvalue weighted by molar-refractivity contribution is 7.99. The number of benzene rings is 2. The van der Waals surface area contributed by atoms with Gasteiger partial charge in [0.15, 0.2) is 0 Å². The summed E-state index contributed by atoms with van der Waals surface area (Å²) in [6, 6.07) is 10.6. The van der Waals surface area contributed by atoms with E-state index in [1.807, 2.05) is 19.1 Å². The number of carbonyl (C=O) groups excluding carboxylic acids is 2. The minimum atomic E-state index is -4.37. The summed E-state index contributed by atoms with van der Waals surface area (Å²) in [5.74, 6) is 1.82. The average Bonchev–Trinajstić information content (AvgIpc) is 2.78. The molecule has 0 radical (unpaired) electrons. The second kappa shape index (κ2) is 15.3. The van der Waals surface area contributed by atoms with E-state index in [1.165, 1.54) is 19.2 Å². The minimum Gasteiger partial charge on any atom is -0.493 e. The Morgan fingerprint density at radius 2 is 1.73 bits per heavy atom. The van der Waals surface area contributed by atoms with E-state index >= 15 is 0 Å². The number of thioether (sulfide) groups is 1. The van der Waals surface area contributed by atoms with Crippen LogP contribution in [0.4, 0.5) is 13.2 Å². The van der Waals surface area contributed by atoms with Gasteiger partial charge in [0.05, 0.1) is 12.2 Å². The normalized spacial score (nSPS) is 11.7. The second-order valence-electron chi connectivity index (χ2n) is 6.70. The number of halogens is 3. The van der Waals surface area contributed by atoms with Gasteiger partial charge in [0.25, 0.3) is 0 Å². The Hall–Kier alpha value is -2.52. The van der Waals surface area contributed by atoms with Crippen LogP contribution < -0.4 is 9.47 Å². The third kappa shape index (κ3) is 11.3. The molecule has 2 aromatic carbocycles. The van der Waals surface area contributed by atoms with Gasteiger partial charge in [-0.3, -0.25) is 0 Å². The van der Waals surface area contributed by atoms with Crippen molar-refractivity contribution >= 4 is 17.9 Å². The fourth-order valence-electron chi connectivity index (χ4n) is 2.51. The largest absolute Gasteiger partial charge is 0.493 e. The van der Waals surface area contributed by atoms with Gasteiger partial charge in [-0.25, -0.2) is 0 Å². The first-order chi connectivity index (χ1) is 15.7. The molecule has 0 saturated carbocycles. The highest BCUT2D eigenvalue weighted by Gasteiger charge is 2.30. The molecule has 0 amide bonds. The first-order valence-corrected chi connectivity index (χ1v) is 11.0. The topological polar surface area (TPSA) is 71.1 Å². The van der Waals surface area contributed by atoms with Gasteiger partial charge in [0.1, 0.15) is 31.0 Å². The van der Waals surface area contributed by atoms with Crippen molar-refractivity contribution in [3.05, 3.63) is 53.6 Å². The van der Waals surface area contributed by atoms with Gasteiger partial charge >= 0.3 is 12.3 Å². The van der Waals surface area contributed by atoms with Gasteiger partial charge in [-0.15, -0.1) is 11.8 Å². The van der Waals surface area contributed by atoms with Gasteiger partial charge in [-0.2, -0.15) is 22.8 Å². The molecule has 0 saturated heterocycles. The van der Waals surface area contributed by atoms with Crippen LogP contribution in [-0.2, 0) is 25.2 Å². The predicted molar refractivity (Wildman–Crippen MR) is 116 cm³/mol. The van der Waals surface area contributed by atoms with E-state index in [0.29, 0.717) is 18.1 Å². The molecule has 0 aliphatic carbocycles. The molecular formula is C23H27F3O6S. The molecule has 0 bridgehead atoms. The van der Waals surface area contributed by atoms with Crippen LogP contribution >= 0.6 is 11.8 Å². The van der Waals surface area contributed by atoms with Crippen LogP contribution in [0.25, 0.3) is 0 Å². The fraction of sp³-hybridized carbons (Fsp3) is 0.435. The van der Waals surface area contributed by atoms with E-state index in [-0.39, 0.29) is 25.7 Å². The minimum absolute atomic E-state index is 0.102. The van der Waals surface area contributed by atoms with Crippen molar-refractivity contribution < 1.29 is 41.7 Å². The first-order valence-electron chi connectivity index (χ1n) is 10.0. The molecule has 0 aliphatic rings. The summed E-state index contributed by atoms with van der Waals surface area (Å²) in [5.41, 5.74) is 0.350. The third-order valence-electron chi connectivity index (χ3n) is 4.08. The molecule has 0 spiro atoms. The average molecular weight is 489 g/mol. The number of ether oxygens (including phenoxy) is 4. The summed E-state index contributed by atoms with van der Waals surface area (Å²) in [6.07, 6.45) is -3.46. The zero-order valence-electron chi connectivity index (χ0n) is 18.6. The van der Waals surface area contributed by atoms with Crippen molar-refractivity contribution in [2.75, 3.05) is 32.9 Å². The van der Waals surface area contributed by atoms with Crippen LogP contribution in [0.2, 0.25) is 0 Å². The maximum Gasteiger partial charge on any atom is 0.416 e. The summed E-state index contributed by atoms with van der Waals surface area (Å²) in [5, 5.41) is 0. The molecule has 1 atom stereocenters. The number of rotatable bonds is 12. The van der Waals surface area contributed by atoms with Gasteiger partial charge in [0, 0.05) is 17.8 Å². The molecule has 182 valence electrons. The van der Waals surface area contributed by atoms with E-state index in [1.54, 1.807) is 11.8 Å². The van der Waals surface area contributed by atoms with Crippen LogP contribution in [0.1, 0.15) is 24.5 Å². The Morgan fingerprint density at radius 3 is 2.27 bits per heavy atom. The molecule has 0 unspecified atom stereocenters. The molecule has 0 aliphatic heterocycles. The molecule has 2 aromatic rings. The molecule has 10 heteroatoms. The molecule has 0 fully saturated rings. The Kier molecular flexibility index (Phi) is 13.3. The lowest BCUT2D eigenvalue weighted by Crippen LogP contribution is -2.25. The summed E-state index contributed by atoms with van der Waals surface area (Å²) < 4.78 is 59.9. The van der Waals surface area contributed by atoms with E-state index < -0.39 is 11.7 Å².